The van der Waals surface area contributed by atoms with Crippen LogP contribution < -0.4 is 0 Å². The van der Waals surface area contributed by atoms with Crippen LogP contribution in [0, 0.1) is 22.7 Å². The largest absolute Gasteiger partial charge is 0.309 e. The second-order valence-electron chi connectivity index (χ2n) is 15.9. The second kappa shape index (κ2) is 12.8. The Morgan fingerprint density at radius 2 is 0.548 bits per heavy atom. The van der Waals surface area contributed by atoms with Crippen molar-refractivity contribution in [3.05, 3.63) is 205 Å². The molecular formula is C56H32N6. The van der Waals surface area contributed by atoms with Gasteiger partial charge in [0.1, 0.15) is 12.1 Å². The van der Waals surface area contributed by atoms with E-state index in [0.717, 1.165) is 87.8 Å². The van der Waals surface area contributed by atoms with Gasteiger partial charge >= 0.3 is 0 Å². The van der Waals surface area contributed by atoms with E-state index in [4.69, 9.17) is 0 Å². The average molecular weight is 789 g/mol. The first-order valence-corrected chi connectivity index (χ1v) is 20.7. The maximum atomic E-state index is 11.2. The zero-order chi connectivity index (χ0) is 41.1. The topological polar surface area (TPSA) is 67.3 Å². The van der Waals surface area contributed by atoms with Gasteiger partial charge < -0.3 is 18.3 Å². The molecule has 0 atom stereocenters. The summed E-state index contributed by atoms with van der Waals surface area (Å²) < 4.78 is 9.11. The number of aromatic nitrogens is 4. The van der Waals surface area contributed by atoms with E-state index in [1.165, 1.54) is 10.8 Å². The highest BCUT2D eigenvalue weighted by atomic mass is 15.1. The van der Waals surface area contributed by atoms with Crippen LogP contribution in [0.1, 0.15) is 11.1 Å². The molecule has 0 radical (unpaired) electrons. The lowest BCUT2D eigenvalue weighted by Gasteiger charge is -2.19. The molecule has 62 heavy (non-hydrogen) atoms. The lowest BCUT2D eigenvalue weighted by atomic mass is 10.0. The van der Waals surface area contributed by atoms with Crippen molar-refractivity contribution in [1.82, 2.24) is 18.3 Å². The van der Waals surface area contributed by atoms with E-state index < -0.39 is 0 Å². The van der Waals surface area contributed by atoms with Gasteiger partial charge in [-0.2, -0.15) is 10.5 Å². The zero-order valence-electron chi connectivity index (χ0n) is 33.2. The van der Waals surface area contributed by atoms with E-state index >= 15 is 0 Å². The second-order valence-corrected chi connectivity index (χ2v) is 15.9. The Balaban J connectivity index is 1.21. The third-order valence-corrected chi connectivity index (χ3v) is 12.8. The van der Waals surface area contributed by atoms with Crippen LogP contribution in [-0.2, 0) is 0 Å². The van der Waals surface area contributed by atoms with Gasteiger partial charge in [-0.15, -0.1) is 0 Å². The molecule has 0 saturated carbocycles. The van der Waals surface area contributed by atoms with E-state index in [1.54, 1.807) is 12.1 Å². The first-order valence-electron chi connectivity index (χ1n) is 20.7. The van der Waals surface area contributed by atoms with Crippen molar-refractivity contribution in [1.29, 1.82) is 10.5 Å². The SMILES string of the molecule is N#Cc1ccc(C#N)c(-n2c3ccccc3c3cc4c5ccccc5n(-c5ccccc5)c4cc32)c1-n1c2ccccc2c2cc3c4ccccc4n(-c4ccccc4)c3cc21. The smallest absolute Gasteiger partial charge is 0.101 e. The molecule has 0 unspecified atom stereocenters. The minimum absolute atomic E-state index is 0.468. The van der Waals surface area contributed by atoms with Crippen LogP contribution in [0.3, 0.4) is 0 Å². The third kappa shape index (κ3) is 4.55. The number of nitriles is 2. The monoisotopic (exact) mass is 788 g/mol. The van der Waals surface area contributed by atoms with Crippen molar-refractivity contribution in [3.63, 3.8) is 0 Å². The van der Waals surface area contributed by atoms with Gasteiger partial charge in [-0.05, 0) is 84.9 Å². The molecule has 0 bridgehead atoms. The maximum Gasteiger partial charge on any atom is 0.101 e. The Bertz CT molecular complexity index is 3840. The molecule has 13 rings (SSSR count). The first-order chi connectivity index (χ1) is 30.7. The first kappa shape index (κ1) is 34.1. The highest BCUT2D eigenvalue weighted by Gasteiger charge is 2.27. The molecule has 0 N–H and O–H groups in total. The number of nitrogens with zero attached hydrogens (tertiary/aromatic N) is 6. The van der Waals surface area contributed by atoms with Crippen LogP contribution in [-0.4, -0.2) is 18.3 Å². The fraction of sp³-hybridized carbons (Fsp3) is 0. The Labute approximate surface area is 354 Å². The van der Waals surface area contributed by atoms with Crippen molar-refractivity contribution >= 4 is 87.2 Å². The van der Waals surface area contributed by atoms with E-state index in [-0.39, 0.29) is 0 Å². The van der Waals surface area contributed by atoms with Crippen molar-refractivity contribution in [3.8, 4) is 34.9 Å². The van der Waals surface area contributed by atoms with Gasteiger partial charge in [-0.1, -0.05) is 109 Å². The molecule has 0 spiro atoms. The van der Waals surface area contributed by atoms with E-state index in [0.29, 0.717) is 22.5 Å². The standard InChI is InChI=1S/C56H32N6/c57-33-35-27-28-36(34-58)56(62-50-26-14-10-22-42(50)46-30-44-40-20-8-12-24-48(40)60(52(44)32-54(46)62)38-17-5-2-6-18-38)55(35)61-49-25-13-9-21-41(49)45-29-43-39-19-7-11-23-47(39)59(51(43)31-53(45)61)37-15-3-1-4-16-37/h1-32H. The summed E-state index contributed by atoms with van der Waals surface area (Å²) in [6, 6.07) is 72.8. The lowest BCUT2D eigenvalue weighted by Crippen LogP contribution is -2.08. The summed E-state index contributed by atoms with van der Waals surface area (Å²) in [5.41, 5.74) is 12.5. The summed E-state index contributed by atoms with van der Waals surface area (Å²) in [6.07, 6.45) is 0. The van der Waals surface area contributed by atoms with Crippen molar-refractivity contribution in [2.45, 2.75) is 0 Å². The fourth-order valence-corrected chi connectivity index (χ4v) is 10.3. The van der Waals surface area contributed by atoms with Crippen molar-refractivity contribution < 1.29 is 0 Å². The normalized spacial score (nSPS) is 11.8. The molecule has 4 aromatic heterocycles. The van der Waals surface area contributed by atoms with Gasteiger partial charge in [0.2, 0.25) is 0 Å². The van der Waals surface area contributed by atoms with Gasteiger partial charge in [0.15, 0.2) is 0 Å². The molecular weight excluding hydrogens is 757 g/mol. The Morgan fingerprint density at radius 1 is 0.258 bits per heavy atom. The molecule has 0 amide bonds. The van der Waals surface area contributed by atoms with Gasteiger partial charge in [-0.25, -0.2) is 0 Å². The van der Waals surface area contributed by atoms with Gasteiger partial charge in [0, 0.05) is 54.5 Å². The van der Waals surface area contributed by atoms with Crippen LogP contribution in [0.5, 0.6) is 0 Å². The maximum absolute atomic E-state index is 11.2. The number of rotatable bonds is 4. The minimum Gasteiger partial charge on any atom is -0.309 e. The molecule has 0 saturated heterocycles. The van der Waals surface area contributed by atoms with Gasteiger partial charge in [-0.3, -0.25) is 0 Å². The molecule has 9 aromatic carbocycles. The molecule has 13 aromatic rings. The quantitative estimate of drug-likeness (QED) is 0.178. The average Bonchev–Trinajstić information content (AvgIpc) is 4.04. The van der Waals surface area contributed by atoms with Gasteiger partial charge in [0.25, 0.3) is 0 Å². The predicted octanol–water partition coefficient (Wildman–Crippen LogP) is 13.8. The molecule has 0 fully saturated rings. The van der Waals surface area contributed by atoms with E-state index in [9.17, 15) is 10.5 Å². The number of fused-ring (bicyclic) bond motifs is 12. The van der Waals surface area contributed by atoms with Gasteiger partial charge in [0.05, 0.1) is 66.6 Å². The van der Waals surface area contributed by atoms with Crippen LogP contribution in [0.25, 0.3) is 110 Å². The molecule has 0 aliphatic heterocycles. The molecule has 286 valence electrons. The van der Waals surface area contributed by atoms with Crippen molar-refractivity contribution in [2.24, 2.45) is 0 Å². The molecule has 6 nitrogen and oxygen atoms in total. The molecule has 4 heterocycles. The van der Waals surface area contributed by atoms with Crippen LogP contribution >= 0.6 is 0 Å². The lowest BCUT2D eigenvalue weighted by molar-refractivity contribution is 1.08. The van der Waals surface area contributed by atoms with Crippen LogP contribution in [0.15, 0.2) is 194 Å². The Hall–Kier alpha value is -8.84. The highest BCUT2D eigenvalue weighted by molar-refractivity contribution is 6.21. The number of benzene rings is 9. The summed E-state index contributed by atoms with van der Waals surface area (Å²) in [7, 11) is 0. The van der Waals surface area contributed by atoms with E-state index in [2.05, 4.69) is 200 Å². The van der Waals surface area contributed by atoms with E-state index in [1.807, 2.05) is 12.1 Å². The summed E-state index contributed by atoms with van der Waals surface area (Å²) in [5.74, 6) is 0. The Kier molecular flexibility index (Phi) is 7.05. The summed E-state index contributed by atoms with van der Waals surface area (Å²) in [6.45, 7) is 0. The fourth-order valence-electron chi connectivity index (χ4n) is 10.3. The Morgan fingerprint density at radius 3 is 0.887 bits per heavy atom. The summed E-state index contributed by atoms with van der Waals surface area (Å²) >= 11 is 0. The minimum atomic E-state index is 0.468. The molecule has 0 aliphatic carbocycles. The number of hydrogen-bond donors (Lipinski definition) is 0. The summed E-state index contributed by atoms with van der Waals surface area (Å²) in [4.78, 5) is 0. The third-order valence-electron chi connectivity index (χ3n) is 12.8. The molecule has 0 aliphatic rings. The summed E-state index contributed by atoms with van der Waals surface area (Å²) in [5, 5.41) is 31.2. The predicted molar refractivity (Wildman–Crippen MR) is 253 cm³/mol. The number of para-hydroxylation sites is 6. The van der Waals surface area contributed by atoms with Crippen LogP contribution in [0.2, 0.25) is 0 Å². The molecule has 6 heteroatoms. The van der Waals surface area contributed by atoms with Crippen molar-refractivity contribution in [2.75, 3.05) is 0 Å². The zero-order valence-corrected chi connectivity index (χ0v) is 33.2. The number of hydrogen-bond acceptors (Lipinski definition) is 2. The van der Waals surface area contributed by atoms with Crippen LogP contribution in [0.4, 0.5) is 0 Å². The highest BCUT2D eigenvalue weighted by Crippen LogP contribution is 2.45.